The number of carbonyl (C=O) groups is 4. The molecular weight excluding hydrogens is 764 g/mol. The molecule has 0 aromatic carbocycles. The van der Waals surface area contributed by atoms with E-state index >= 15 is 0 Å². The molecule has 1 aromatic rings. The predicted molar refractivity (Wildman–Crippen MR) is 192 cm³/mol. The Labute approximate surface area is 335 Å². The van der Waals surface area contributed by atoms with E-state index < -0.39 is 117 Å². The Bertz CT molecular complexity index is 1960. The highest BCUT2D eigenvalue weighted by Crippen LogP contribution is 2.90. The Kier molecular flexibility index (Phi) is 8.79. The van der Waals surface area contributed by atoms with E-state index in [0.29, 0.717) is 5.56 Å². The third-order valence-electron chi connectivity index (χ3n) is 15.6. The van der Waals surface area contributed by atoms with E-state index in [1.54, 1.807) is 53.7 Å². The normalized spacial score (nSPS) is 49.6. The number of methoxy groups -OCH3 is 3. The predicted octanol–water partition coefficient (Wildman–Crippen LogP) is 3.28. The maximum atomic E-state index is 14.2. The maximum absolute atomic E-state index is 14.2. The van der Waals surface area contributed by atoms with Gasteiger partial charge in [0.2, 0.25) is 0 Å². The van der Waals surface area contributed by atoms with Crippen LogP contribution in [0.5, 0.6) is 0 Å². The van der Waals surface area contributed by atoms with Crippen LogP contribution in [0.4, 0.5) is 0 Å². The largest absolute Gasteiger partial charge is 0.472 e. The van der Waals surface area contributed by atoms with Gasteiger partial charge in [0.15, 0.2) is 11.2 Å². The van der Waals surface area contributed by atoms with Crippen LogP contribution in [0.15, 0.2) is 34.7 Å². The van der Waals surface area contributed by atoms with Gasteiger partial charge in [-0.05, 0) is 38.7 Å². The van der Waals surface area contributed by atoms with Gasteiger partial charge in [-0.1, -0.05) is 33.8 Å². The lowest BCUT2D eigenvalue weighted by molar-refractivity contribution is -0.468. The third-order valence-corrected chi connectivity index (χ3v) is 15.6. The molecule has 7 fully saturated rings. The molecule has 3 saturated heterocycles. The molecule has 2 N–H and O–H groups in total. The Morgan fingerprint density at radius 1 is 0.983 bits per heavy atom. The second kappa shape index (κ2) is 12.3. The van der Waals surface area contributed by atoms with Crippen LogP contribution in [0.2, 0.25) is 0 Å². The lowest BCUT2D eigenvalue weighted by atomic mass is 9.32. The van der Waals surface area contributed by atoms with Gasteiger partial charge in [-0.25, -0.2) is 4.79 Å². The van der Waals surface area contributed by atoms with Crippen molar-refractivity contribution >= 4 is 23.9 Å². The van der Waals surface area contributed by atoms with Crippen LogP contribution in [0.3, 0.4) is 0 Å². The van der Waals surface area contributed by atoms with Gasteiger partial charge in [-0.2, -0.15) is 0 Å². The molecule has 0 amide bonds. The zero-order chi connectivity index (χ0) is 42.5. The number of furan rings is 1. The summed E-state index contributed by atoms with van der Waals surface area (Å²) in [6.07, 6.45) is -3.05. The van der Waals surface area contributed by atoms with Crippen molar-refractivity contribution in [1.29, 1.82) is 0 Å². The van der Waals surface area contributed by atoms with Crippen LogP contribution < -0.4 is 0 Å². The quantitative estimate of drug-likeness (QED) is 0.186. The Morgan fingerprint density at radius 3 is 2.22 bits per heavy atom. The maximum Gasteiger partial charge on any atom is 0.333 e. The summed E-state index contributed by atoms with van der Waals surface area (Å²) in [6.45, 7) is 12.9. The molecule has 17 nitrogen and oxygen atoms in total. The summed E-state index contributed by atoms with van der Waals surface area (Å²) in [7, 11) is 3.80. The number of hydrogen-bond donors (Lipinski definition) is 2. The van der Waals surface area contributed by atoms with Gasteiger partial charge in [-0.3, -0.25) is 14.4 Å². The van der Waals surface area contributed by atoms with Crippen molar-refractivity contribution in [2.24, 2.45) is 22.2 Å². The molecule has 4 heterocycles. The standard InChI is InChI=1S/C41H54O17/c1-12-21(3)29(46)53-30-32(5)20-36(47)34(7,24(32)16-26(44)48-9)40-25(43)17-33(6,28(52-22(4)42)23-14-15-51-19-23)37(18-27(45)49-10)41(40,57-35(8,55-37)56-40)31-39(30,36)58-38(13-2,50-11)54-31/h12,14-15,19,24-25,28,30-31,43,47H,13,16-18,20H2,1-11H3. The molecule has 320 valence electrons. The zero-order valence-corrected chi connectivity index (χ0v) is 34.7. The van der Waals surface area contributed by atoms with Gasteiger partial charge < -0.3 is 62.0 Å². The first-order valence-corrected chi connectivity index (χ1v) is 19.7. The minimum atomic E-state index is -2.27. The number of rotatable bonds is 11. The first-order valence-electron chi connectivity index (χ1n) is 19.7. The Morgan fingerprint density at radius 2 is 1.66 bits per heavy atom. The molecule has 7 aliphatic rings. The minimum Gasteiger partial charge on any atom is -0.472 e. The van der Waals surface area contributed by atoms with Gasteiger partial charge in [0.1, 0.15) is 35.1 Å². The molecule has 3 aliphatic heterocycles. The SMILES string of the molecule is CC=C(C)C(=O)OC1C2(C)CC3(O)C14OC(CC)(OC)OC4C14OC5(C)OC1(CC(=O)OC)C(C)(C(OC(C)=O)c1ccoc1)CC(O)C4(O5)C3(C)C2CC(=O)OC. The second-order valence-corrected chi connectivity index (χ2v) is 17.9. The molecule has 58 heavy (non-hydrogen) atoms. The number of allylic oxidation sites excluding steroid dienone is 1. The molecule has 15 unspecified atom stereocenters. The van der Waals surface area contributed by atoms with Crippen LogP contribution in [0.25, 0.3) is 0 Å². The van der Waals surface area contributed by atoms with E-state index in [9.17, 15) is 29.4 Å². The molecule has 0 radical (unpaired) electrons. The van der Waals surface area contributed by atoms with E-state index in [0.717, 1.165) is 0 Å². The summed E-state index contributed by atoms with van der Waals surface area (Å²) in [5, 5.41) is 27.4. The number of hydrogen-bond acceptors (Lipinski definition) is 17. The highest BCUT2D eigenvalue weighted by atomic mass is 17.0. The van der Waals surface area contributed by atoms with E-state index in [-0.39, 0.29) is 31.3 Å². The van der Waals surface area contributed by atoms with Gasteiger partial charge in [0.25, 0.3) is 11.9 Å². The van der Waals surface area contributed by atoms with Crippen molar-refractivity contribution < 1.29 is 81.2 Å². The summed E-state index contributed by atoms with van der Waals surface area (Å²) in [4.78, 5) is 55.0. The lowest BCUT2D eigenvalue weighted by Gasteiger charge is -2.78. The molecule has 15 atom stereocenters. The molecule has 4 saturated carbocycles. The van der Waals surface area contributed by atoms with Crippen molar-refractivity contribution in [3.63, 3.8) is 0 Å². The molecule has 2 spiro atoms. The minimum absolute atomic E-state index is 0.0163. The smallest absolute Gasteiger partial charge is 0.333 e. The van der Waals surface area contributed by atoms with Crippen LogP contribution in [0.1, 0.15) is 99.2 Å². The number of esters is 4. The molecule has 1 aromatic heterocycles. The average Bonchev–Trinajstić information content (AvgIpc) is 4.00. The van der Waals surface area contributed by atoms with E-state index in [1.807, 2.05) is 0 Å². The van der Waals surface area contributed by atoms with Crippen molar-refractivity contribution in [3.8, 4) is 0 Å². The highest BCUT2D eigenvalue weighted by Gasteiger charge is 3.07. The summed E-state index contributed by atoms with van der Waals surface area (Å²) < 4.78 is 70.5. The fourth-order valence-electron chi connectivity index (χ4n) is 13.6. The average molecular weight is 819 g/mol. The highest BCUT2D eigenvalue weighted by molar-refractivity contribution is 5.88. The van der Waals surface area contributed by atoms with Crippen LogP contribution in [-0.2, 0) is 66.5 Å². The topological polar surface area (TPSA) is 214 Å². The summed E-state index contributed by atoms with van der Waals surface area (Å²) in [6, 6.07) is 1.59. The van der Waals surface area contributed by atoms with Crippen molar-refractivity contribution in [2.75, 3.05) is 21.3 Å². The van der Waals surface area contributed by atoms with E-state index in [4.69, 9.17) is 51.8 Å². The van der Waals surface area contributed by atoms with Gasteiger partial charge in [0.05, 0.1) is 39.3 Å². The number of aliphatic hydroxyl groups is 2. The fourth-order valence-corrected chi connectivity index (χ4v) is 13.6. The lowest BCUT2D eigenvalue weighted by Crippen LogP contribution is -2.97. The number of fused-ring (bicyclic) bond motifs is 2. The first-order chi connectivity index (χ1) is 27.1. The van der Waals surface area contributed by atoms with Crippen LogP contribution in [0, 0.1) is 22.2 Å². The fraction of sp³-hybridized carbons (Fsp3) is 0.756. The van der Waals surface area contributed by atoms with Crippen molar-refractivity contribution in [1.82, 2.24) is 0 Å². The molecule has 4 bridgehead atoms. The summed E-state index contributed by atoms with van der Waals surface area (Å²) >= 11 is 0. The Hall–Kier alpha value is -3.42. The third kappa shape index (κ3) is 4.20. The number of aliphatic hydroxyl groups excluding tert-OH is 1. The summed E-state index contributed by atoms with van der Waals surface area (Å²) in [5.74, 6) is -7.95. The molecule has 17 heteroatoms. The van der Waals surface area contributed by atoms with Gasteiger partial charge in [-0.15, -0.1) is 0 Å². The van der Waals surface area contributed by atoms with Crippen molar-refractivity contribution in [2.45, 2.75) is 152 Å². The molecule has 8 rings (SSSR count). The number of carbonyl (C=O) groups excluding carboxylic acids is 4. The monoisotopic (exact) mass is 818 g/mol. The second-order valence-electron chi connectivity index (χ2n) is 17.9. The van der Waals surface area contributed by atoms with Crippen LogP contribution in [-0.4, -0.2) is 114 Å². The van der Waals surface area contributed by atoms with Gasteiger partial charge >= 0.3 is 23.9 Å². The van der Waals surface area contributed by atoms with E-state index in [1.165, 1.54) is 47.7 Å². The van der Waals surface area contributed by atoms with E-state index in [2.05, 4.69) is 0 Å². The number of ether oxygens (including phenoxy) is 10. The zero-order valence-electron chi connectivity index (χ0n) is 34.7. The van der Waals surface area contributed by atoms with Crippen LogP contribution >= 0.6 is 0 Å². The molecule has 4 aliphatic carbocycles. The first kappa shape index (κ1) is 41.3. The Balaban J connectivity index is 1.54. The van der Waals surface area contributed by atoms with Crippen molar-refractivity contribution in [3.05, 3.63) is 35.8 Å². The van der Waals surface area contributed by atoms with Gasteiger partial charge in [0, 0.05) is 61.2 Å². The molecular formula is C41H54O17. The summed E-state index contributed by atoms with van der Waals surface area (Å²) in [5.41, 5.74) is -15.0.